The highest BCUT2D eigenvalue weighted by molar-refractivity contribution is 9.10. The maximum absolute atomic E-state index is 6.62. The average Bonchev–Trinajstić information content (AvgIpc) is 2.85. The summed E-state index contributed by atoms with van der Waals surface area (Å²) < 4.78 is 11.9. The average molecular weight is 328 g/mol. The molecule has 0 bridgehead atoms. The third-order valence-electron chi connectivity index (χ3n) is 4.10. The van der Waals surface area contributed by atoms with Crippen molar-refractivity contribution in [1.29, 1.82) is 0 Å². The standard InChI is InChI=1S/C15H22BrNO2/c1-4-10-11(15(17)7-5-6-8-15)9-12(18-2)14(19-3)13(10)16/h9H,4-8,17H2,1-3H3. The Bertz CT molecular complexity index is 468. The summed E-state index contributed by atoms with van der Waals surface area (Å²) in [5.41, 5.74) is 8.85. The van der Waals surface area contributed by atoms with Gasteiger partial charge in [-0.1, -0.05) is 19.8 Å². The van der Waals surface area contributed by atoms with E-state index in [-0.39, 0.29) is 5.54 Å². The Morgan fingerprint density at radius 1 is 1.26 bits per heavy atom. The van der Waals surface area contributed by atoms with Gasteiger partial charge in [0, 0.05) is 5.54 Å². The van der Waals surface area contributed by atoms with Crippen molar-refractivity contribution in [3.8, 4) is 11.5 Å². The van der Waals surface area contributed by atoms with Crippen molar-refractivity contribution in [1.82, 2.24) is 0 Å². The monoisotopic (exact) mass is 327 g/mol. The van der Waals surface area contributed by atoms with Crippen LogP contribution in [0.2, 0.25) is 0 Å². The zero-order chi connectivity index (χ0) is 14.0. The molecule has 0 heterocycles. The first-order chi connectivity index (χ1) is 9.07. The number of methoxy groups -OCH3 is 2. The summed E-state index contributed by atoms with van der Waals surface area (Å²) in [4.78, 5) is 0. The van der Waals surface area contributed by atoms with Crippen LogP contribution in [0.15, 0.2) is 10.5 Å². The Kier molecular flexibility index (Phi) is 4.41. The van der Waals surface area contributed by atoms with Gasteiger partial charge in [0.2, 0.25) is 0 Å². The quantitative estimate of drug-likeness (QED) is 0.915. The van der Waals surface area contributed by atoms with Crippen molar-refractivity contribution in [2.45, 2.75) is 44.6 Å². The molecule has 1 fully saturated rings. The molecule has 0 spiro atoms. The van der Waals surface area contributed by atoms with Crippen LogP contribution in [0.3, 0.4) is 0 Å². The largest absolute Gasteiger partial charge is 0.493 e. The molecule has 0 unspecified atom stereocenters. The Labute approximate surface area is 123 Å². The van der Waals surface area contributed by atoms with E-state index in [1.807, 2.05) is 0 Å². The zero-order valence-electron chi connectivity index (χ0n) is 11.9. The van der Waals surface area contributed by atoms with E-state index < -0.39 is 0 Å². The number of rotatable bonds is 4. The second-order valence-electron chi connectivity index (χ2n) is 5.17. The van der Waals surface area contributed by atoms with Crippen LogP contribution in [-0.4, -0.2) is 14.2 Å². The third kappa shape index (κ3) is 2.48. The molecular formula is C15H22BrNO2. The fraction of sp³-hybridized carbons (Fsp3) is 0.600. The Morgan fingerprint density at radius 2 is 1.89 bits per heavy atom. The molecule has 2 rings (SSSR count). The maximum atomic E-state index is 6.62. The highest BCUT2D eigenvalue weighted by atomic mass is 79.9. The van der Waals surface area contributed by atoms with E-state index in [2.05, 4.69) is 28.9 Å². The van der Waals surface area contributed by atoms with E-state index in [0.29, 0.717) is 0 Å². The molecule has 0 amide bonds. The van der Waals surface area contributed by atoms with Crippen molar-refractivity contribution in [2.75, 3.05) is 14.2 Å². The van der Waals surface area contributed by atoms with Gasteiger partial charge in [0.1, 0.15) is 0 Å². The molecule has 1 aliphatic carbocycles. The molecular weight excluding hydrogens is 306 g/mol. The molecule has 0 radical (unpaired) electrons. The van der Waals surface area contributed by atoms with Crippen molar-refractivity contribution in [2.24, 2.45) is 5.73 Å². The molecule has 106 valence electrons. The Balaban J connectivity index is 2.63. The van der Waals surface area contributed by atoms with Crippen LogP contribution in [0.1, 0.15) is 43.7 Å². The van der Waals surface area contributed by atoms with Crippen LogP contribution in [-0.2, 0) is 12.0 Å². The van der Waals surface area contributed by atoms with Crippen LogP contribution in [0.25, 0.3) is 0 Å². The van der Waals surface area contributed by atoms with Crippen molar-refractivity contribution in [3.05, 3.63) is 21.7 Å². The van der Waals surface area contributed by atoms with Gasteiger partial charge in [0.25, 0.3) is 0 Å². The molecule has 1 aromatic carbocycles. The van der Waals surface area contributed by atoms with Crippen LogP contribution in [0.5, 0.6) is 11.5 Å². The van der Waals surface area contributed by atoms with Crippen LogP contribution in [0, 0.1) is 0 Å². The van der Waals surface area contributed by atoms with Gasteiger partial charge >= 0.3 is 0 Å². The summed E-state index contributed by atoms with van der Waals surface area (Å²) in [7, 11) is 3.33. The van der Waals surface area contributed by atoms with Gasteiger partial charge in [-0.2, -0.15) is 0 Å². The normalized spacial score (nSPS) is 17.5. The molecule has 3 nitrogen and oxygen atoms in total. The summed E-state index contributed by atoms with van der Waals surface area (Å²) in [5, 5.41) is 0. The summed E-state index contributed by atoms with van der Waals surface area (Å²) in [6.07, 6.45) is 5.41. The van der Waals surface area contributed by atoms with Gasteiger partial charge in [-0.05, 0) is 52.4 Å². The van der Waals surface area contributed by atoms with Crippen LogP contribution >= 0.6 is 15.9 Å². The minimum atomic E-state index is -0.215. The predicted molar refractivity (Wildman–Crippen MR) is 81.0 cm³/mol. The highest BCUT2D eigenvalue weighted by Gasteiger charge is 2.35. The van der Waals surface area contributed by atoms with E-state index in [0.717, 1.165) is 35.2 Å². The number of halogens is 1. The van der Waals surface area contributed by atoms with Crippen LogP contribution in [0.4, 0.5) is 0 Å². The second-order valence-corrected chi connectivity index (χ2v) is 5.96. The van der Waals surface area contributed by atoms with E-state index >= 15 is 0 Å². The molecule has 0 atom stereocenters. The summed E-state index contributed by atoms with van der Waals surface area (Å²) in [6.45, 7) is 2.15. The molecule has 0 saturated heterocycles. The van der Waals surface area contributed by atoms with E-state index in [9.17, 15) is 0 Å². The lowest BCUT2D eigenvalue weighted by molar-refractivity contribution is 0.349. The molecule has 4 heteroatoms. The Hall–Kier alpha value is -0.740. The van der Waals surface area contributed by atoms with Gasteiger partial charge < -0.3 is 15.2 Å². The van der Waals surface area contributed by atoms with Gasteiger partial charge in [-0.3, -0.25) is 0 Å². The van der Waals surface area contributed by atoms with Gasteiger partial charge in [-0.25, -0.2) is 0 Å². The maximum Gasteiger partial charge on any atom is 0.175 e. The third-order valence-corrected chi connectivity index (χ3v) is 4.94. The molecule has 19 heavy (non-hydrogen) atoms. The van der Waals surface area contributed by atoms with Gasteiger partial charge in [0.15, 0.2) is 11.5 Å². The molecule has 1 aromatic rings. The van der Waals surface area contributed by atoms with E-state index in [1.165, 1.54) is 24.0 Å². The second kappa shape index (κ2) is 5.71. The first-order valence-corrected chi connectivity index (χ1v) is 7.59. The number of benzene rings is 1. The smallest absolute Gasteiger partial charge is 0.175 e. The topological polar surface area (TPSA) is 44.5 Å². The number of nitrogens with two attached hydrogens (primary N) is 1. The van der Waals surface area contributed by atoms with Crippen molar-refractivity contribution >= 4 is 15.9 Å². The van der Waals surface area contributed by atoms with Crippen molar-refractivity contribution < 1.29 is 9.47 Å². The molecule has 1 aliphatic rings. The van der Waals surface area contributed by atoms with Crippen molar-refractivity contribution in [3.63, 3.8) is 0 Å². The summed E-state index contributed by atoms with van der Waals surface area (Å²) >= 11 is 3.65. The summed E-state index contributed by atoms with van der Waals surface area (Å²) in [5.74, 6) is 1.50. The Morgan fingerprint density at radius 3 is 2.37 bits per heavy atom. The van der Waals surface area contributed by atoms with Gasteiger partial charge in [-0.15, -0.1) is 0 Å². The SMILES string of the molecule is CCc1c(C2(N)CCCC2)cc(OC)c(OC)c1Br. The van der Waals surface area contributed by atoms with Gasteiger partial charge in [0.05, 0.1) is 18.7 Å². The number of hydrogen-bond acceptors (Lipinski definition) is 3. The molecule has 0 aliphatic heterocycles. The molecule has 2 N–H and O–H groups in total. The number of hydrogen-bond donors (Lipinski definition) is 1. The first kappa shape index (κ1) is 14.7. The van der Waals surface area contributed by atoms with E-state index in [4.69, 9.17) is 15.2 Å². The van der Waals surface area contributed by atoms with Crippen LogP contribution < -0.4 is 15.2 Å². The number of ether oxygens (including phenoxy) is 2. The molecule has 0 aromatic heterocycles. The fourth-order valence-electron chi connectivity index (χ4n) is 3.05. The molecule has 1 saturated carbocycles. The predicted octanol–water partition coefficient (Wildman–Crippen LogP) is 3.76. The minimum absolute atomic E-state index is 0.215. The van der Waals surface area contributed by atoms with E-state index in [1.54, 1.807) is 14.2 Å². The highest BCUT2D eigenvalue weighted by Crippen LogP contribution is 2.46. The fourth-order valence-corrected chi connectivity index (χ4v) is 3.91. The minimum Gasteiger partial charge on any atom is -0.493 e. The lowest BCUT2D eigenvalue weighted by atomic mass is 9.84. The first-order valence-electron chi connectivity index (χ1n) is 6.80. The summed E-state index contributed by atoms with van der Waals surface area (Å²) in [6, 6.07) is 2.06. The lowest BCUT2D eigenvalue weighted by Gasteiger charge is -2.29. The zero-order valence-corrected chi connectivity index (χ0v) is 13.5. The lowest BCUT2D eigenvalue weighted by Crippen LogP contribution is -2.34.